The fraction of sp³-hybridized carbons (Fsp3) is 0.619. The number of aryl methyl sites for hydroxylation is 2. The maximum Gasteiger partial charge on any atom is 0.0547 e. The quantitative estimate of drug-likeness (QED) is 0.772. The summed E-state index contributed by atoms with van der Waals surface area (Å²) in [7, 11) is 0. The summed E-state index contributed by atoms with van der Waals surface area (Å²) in [5.74, 6) is 0. The van der Waals surface area contributed by atoms with Crippen molar-refractivity contribution >= 4 is 0 Å². The molecule has 0 amide bonds. The Morgan fingerprint density at radius 2 is 2.04 bits per heavy atom. The smallest absolute Gasteiger partial charge is 0.0547 e. The molecule has 0 aliphatic carbocycles. The number of pyridine rings is 1. The molecule has 1 saturated heterocycles. The van der Waals surface area contributed by atoms with Gasteiger partial charge in [0.25, 0.3) is 0 Å². The molecule has 1 aliphatic heterocycles. The van der Waals surface area contributed by atoms with Crippen LogP contribution < -0.4 is 0 Å². The van der Waals surface area contributed by atoms with Gasteiger partial charge in [0, 0.05) is 68.9 Å². The minimum absolute atomic E-state index is 0.226. The fourth-order valence-electron chi connectivity index (χ4n) is 3.95. The summed E-state index contributed by atoms with van der Waals surface area (Å²) in [6.45, 7) is 12.4. The Balaban J connectivity index is 1.63. The van der Waals surface area contributed by atoms with E-state index >= 15 is 0 Å². The van der Waals surface area contributed by atoms with Gasteiger partial charge in [-0.2, -0.15) is 5.10 Å². The highest BCUT2D eigenvalue weighted by Gasteiger charge is 2.27. The summed E-state index contributed by atoms with van der Waals surface area (Å²) in [6, 6.07) is 6.57. The monoisotopic (exact) mass is 371 g/mol. The maximum absolute atomic E-state index is 9.55. The van der Waals surface area contributed by atoms with Crippen molar-refractivity contribution in [3.8, 4) is 0 Å². The van der Waals surface area contributed by atoms with Gasteiger partial charge in [0.1, 0.15) is 0 Å². The van der Waals surface area contributed by atoms with Gasteiger partial charge in [-0.1, -0.05) is 13.0 Å². The molecule has 148 valence electrons. The SMILES string of the molecule is CCCn1ncc(CN2CCN(Cc3cccc(C)n3)C(CCO)C2)c1C. The molecule has 6 heteroatoms. The molecule has 0 spiro atoms. The maximum atomic E-state index is 9.55. The standard InChI is InChI=1S/C21H33N5O/c1-4-9-26-18(3)19(13-22-26)14-24-10-11-25(21(16-24)8-12-27)15-20-7-5-6-17(2)23-20/h5-7,13,21,27H,4,8-12,14-16H2,1-3H3. The van der Waals surface area contributed by atoms with Gasteiger partial charge in [-0.05, 0) is 38.8 Å². The van der Waals surface area contributed by atoms with E-state index in [1.165, 1.54) is 11.3 Å². The van der Waals surface area contributed by atoms with Crippen molar-refractivity contribution in [2.75, 3.05) is 26.2 Å². The summed E-state index contributed by atoms with van der Waals surface area (Å²) in [4.78, 5) is 9.63. The Labute approximate surface area is 162 Å². The van der Waals surface area contributed by atoms with Crippen LogP contribution in [0.1, 0.15) is 42.4 Å². The second kappa shape index (κ2) is 9.44. The molecule has 27 heavy (non-hydrogen) atoms. The predicted octanol–water partition coefficient (Wildman–Crippen LogP) is 2.37. The van der Waals surface area contributed by atoms with E-state index in [0.29, 0.717) is 6.04 Å². The zero-order chi connectivity index (χ0) is 19.2. The van der Waals surface area contributed by atoms with E-state index in [9.17, 15) is 5.11 Å². The van der Waals surface area contributed by atoms with E-state index in [2.05, 4.69) is 50.5 Å². The first-order valence-electron chi connectivity index (χ1n) is 10.1. The summed E-state index contributed by atoms with van der Waals surface area (Å²) in [6.07, 6.45) is 3.93. The molecular weight excluding hydrogens is 338 g/mol. The average Bonchev–Trinajstić information content (AvgIpc) is 2.98. The van der Waals surface area contributed by atoms with Gasteiger partial charge in [-0.3, -0.25) is 19.5 Å². The van der Waals surface area contributed by atoms with Gasteiger partial charge in [0.05, 0.1) is 11.9 Å². The lowest BCUT2D eigenvalue weighted by atomic mass is 10.1. The van der Waals surface area contributed by atoms with Crippen LogP contribution in [0.3, 0.4) is 0 Å². The molecule has 1 unspecified atom stereocenters. The lowest BCUT2D eigenvalue weighted by molar-refractivity contribution is 0.0490. The van der Waals surface area contributed by atoms with Crippen molar-refractivity contribution in [3.63, 3.8) is 0 Å². The van der Waals surface area contributed by atoms with Crippen LogP contribution in [0, 0.1) is 13.8 Å². The van der Waals surface area contributed by atoms with E-state index < -0.39 is 0 Å². The minimum Gasteiger partial charge on any atom is -0.396 e. The van der Waals surface area contributed by atoms with Crippen molar-refractivity contribution in [2.45, 2.75) is 59.3 Å². The molecule has 0 aromatic carbocycles. The highest BCUT2D eigenvalue weighted by Crippen LogP contribution is 2.19. The molecule has 3 heterocycles. The number of aliphatic hydroxyl groups is 1. The highest BCUT2D eigenvalue weighted by atomic mass is 16.3. The van der Waals surface area contributed by atoms with Gasteiger partial charge in [-0.15, -0.1) is 0 Å². The minimum atomic E-state index is 0.226. The summed E-state index contributed by atoms with van der Waals surface area (Å²) in [5.41, 5.74) is 4.77. The Morgan fingerprint density at radius 1 is 1.19 bits per heavy atom. The first-order valence-corrected chi connectivity index (χ1v) is 10.1. The van der Waals surface area contributed by atoms with Crippen LogP contribution in [0.15, 0.2) is 24.4 Å². The van der Waals surface area contributed by atoms with Crippen LogP contribution >= 0.6 is 0 Å². The van der Waals surface area contributed by atoms with Crippen molar-refractivity contribution < 1.29 is 5.11 Å². The third-order valence-electron chi connectivity index (χ3n) is 5.50. The molecule has 1 N–H and O–H groups in total. The average molecular weight is 372 g/mol. The normalized spacial score (nSPS) is 18.9. The van der Waals surface area contributed by atoms with Crippen LogP contribution in [0.4, 0.5) is 0 Å². The third-order valence-corrected chi connectivity index (χ3v) is 5.50. The third kappa shape index (κ3) is 5.15. The van der Waals surface area contributed by atoms with E-state index in [0.717, 1.165) is 63.5 Å². The molecule has 1 fully saturated rings. The molecule has 0 saturated carbocycles. The Bertz CT molecular complexity index is 729. The number of nitrogens with zero attached hydrogens (tertiary/aromatic N) is 5. The molecule has 0 bridgehead atoms. The van der Waals surface area contributed by atoms with Crippen molar-refractivity contribution in [1.29, 1.82) is 0 Å². The van der Waals surface area contributed by atoms with E-state index in [-0.39, 0.29) is 6.61 Å². The highest BCUT2D eigenvalue weighted by molar-refractivity contribution is 5.16. The first-order chi connectivity index (χ1) is 13.1. The topological polar surface area (TPSA) is 57.4 Å². The van der Waals surface area contributed by atoms with Crippen LogP contribution in [0.25, 0.3) is 0 Å². The number of rotatable bonds is 8. The van der Waals surface area contributed by atoms with E-state index in [4.69, 9.17) is 0 Å². The van der Waals surface area contributed by atoms with Gasteiger partial charge in [0.15, 0.2) is 0 Å². The Kier molecular flexibility index (Phi) is 6.99. The zero-order valence-electron chi connectivity index (χ0n) is 16.9. The fourth-order valence-corrected chi connectivity index (χ4v) is 3.95. The molecule has 2 aromatic rings. The molecule has 1 aliphatic rings. The van der Waals surface area contributed by atoms with Crippen LogP contribution in [-0.4, -0.2) is 62.0 Å². The van der Waals surface area contributed by atoms with Gasteiger partial charge in [-0.25, -0.2) is 0 Å². The summed E-state index contributed by atoms with van der Waals surface area (Å²) in [5, 5.41) is 14.1. The van der Waals surface area contributed by atoms with Crippen LogP contribution in [-0.2, 0) is 19.6 Å². The van der Waals surface area contributed by atoms with Gasteiger partial charge in [0.2, 0.25) is 0 Å². The van der Waals surface area contributed by atoms with Crippen molar-refractivity contribution in [2.24, 2.45) is 0 Å². The number of hydrogen-bond acceptors (Lipinski definition) is 5. The van der Waals surface area contributed by atoms with Gasteiger partial charge < -0.3 is 5.11 Å². The van der Waals surface area contributed by atoms with Crippen LogP contribution in [0.2, 0.25) is 0 Å². The molecule has 1 atom stereocenters. The van der Waals surface area contributed by atoms with Gasteiger partial charge >= 0.3 is 0 Å². The second-order valence-corrected chi connectivity index (χ2v) is 7.62. The van der Waals surface area contributed by atoms with Crippen molar-refractivity contribution in [1.82, 2.24) is 24.6 Å². The number of piperazine rings is 1. The summed E-state index contributed by atoms with van der Waals surface area (Å²) < 4.78 is 2.11. The Morgan fingerprint density at radius 3 is 2.78 bits per heavy atom. The zero-order valence-corrected chi connectivity index (χ0v) is 16.9. The lowest BCUT2D eigenvalue weighted by Crippen LogP contribution is -2.52. The van der Waals surface area contributed by atoms with Crippen LogP contribution in [0.5, 0.6) is 0 Å². The molecule has 6 nitrogen and oxygen atoms in total. The van der Waals surface area contributed by atoms with E-state index in [1.54, 1.807) is 0 Å². The molecule has 3 rings (SSSR count). The second-order valence-electron chi connectivity index (χ2n) is 7.62. The number of hydrogen-bond donors (Lipinski definition) is 1. The number of aliphatic hydroxyl groups excluding tert-OH is 1. The molecule has 2 aromatic heterocycles. The molecular formula is C21H33N5O. The van der Waals surface area contributed by atoms with Crippen molar-refractivity contribution in [3.05, 3.63) is 47.0 Å². The number of aromatic nitrogens is 3. The summed E-state index contributed by atoms with van der Waals surface area (Å²) >= 11 is 0. The Hall–Kier alpha value is -1.76. The first kappa shape index (κ1) is 20.0. The van der Waals surface area contributed by atoms with E-state index in [1.807, 2.05) is 19.2 Å². The lowest BCUT2D eigenvalue weighted by Gasteiger charge is -2.41. The molecule has 0 radical (unpaired) electrons. The largest absolute Gasteiger partial charge is 0.396 e. The predicted molar refractivity (Wildman–Crippen MR) is 107 cm³/mol.